The van der Waals surface area contributed by atoms with Gasteiger partial charge in [0.25, 0.3) is 0 Å². The molecule has 0 aliphatic heterocycles. The highest BCUT2D eigenvalue weighted by atomic mass is 16.1. The molecule has 0 saturated carbocycles. The Morgan fingerprint density at radius 2 is 1.42 bits per heavy atom. The highest BCUT2D eigenvalue weighted by Gasteiger charge is 2.24. The maximum atomic E-state index is 13.4. The molecule has 1 aromatic heterocycles. The number of para-hydroxylation sites is 1. The van der Waals surface area contributed by atoms with E-state index in [1.54, 1.807) is 6.20 Å². The molecule has 31 heavy (non-hydrogen) atoms. The number of anilines is 2. The van der Waals surface area contributed by atoms with E-state index in [0.717, 1.165) is 17.1 Å². The molecule has 1 atom stereocenters. The van der Waals surface area contributed by atoms with E-state index in [0.29, 0.717) is 12.4 Å². The number of aromatic nitrogens is 2. The Morgan fingerprint density at radius 3 is 1.97 bits per heavy atom. The van der Waals surface area contributed by atoms with Gasteiger partial charge in [-0.1, -0.05) is 60.5 Å². The molecule has 1 heterocycles. The number of Topliss-reactive ketones (excluding diaryl/α,β-unsaturated/α-hetero) is 1. The van der Waals surface area contributed by atoms with Crippen molar-refractivity contribution in [3.8, 4) is 5.69 Å². The summed E-state index contributed by atoms with van der Waals surface area (Å²) < 4.78 is 1.86. The van der Waals surface area contributed by atoms with E-state index in [1.807, 2.05) is 48.0 Å². The highest BCUT2D eigenvalue weighted by Crippen LogP contribution is 2.28. The summed E-state index contributed by atoms with van der Waals surface area (Å²) in [4.78, 5) is 20.0. The summed E-state index contributed by atoms with van der Waals surface area (Å²) in [6, 6.07) is 26.7. The molecule has 0 fully saturated rings. The first kappa shape index (κ1) is 20.6. The zero-order chi connectivity index (χ0) is 21.8. The summed E-state index contributed by atoms with van der Waals surface area (Å²) in [5, 5.41) is 0. The Balaban J connectivity index is 1.63. The van der Waals surface area contributed by atoms with Crippen LogP contribution < -0.4 is 4.90 Å². The number of nitrogens with zero attached hydrogens (tertiary/aromatic N) is 3. The highest BCUT2D eigenvalue weighted by molar-refractivity contribution is 5.95. The summed E-state index contributed by atoms with van der Waals surface area (Å²) in [6.45, 7) is 6.69. The number of aryl methyl sites for hydroxylation is 2. The standard InChI is InChI=1S/C27H27N3O/c1-20-9-13-24(14-10-20)30(25-15-11-21(2)12-16-25)19-22(3)26(31)27-28-17-18-29(27)23-7-5-4-6-8-23/h4-18,22H,19H2,1-3H3/t22-/m1/s1. The average molecular weight is 410 g/mol. The number of carbonyl (C=O) groups is 1. The fourth-order valence-corrected chi connectivity index (χ4v) is 3.67. The lowest BCUT2D eigenvalue weighted by Gasteiger charge is -2.28. The number of ketones is 1. The second-order valence-electron chi connectivity index (χ2n) is 8.00. The van der Waals surface area contributed by atoms with E-state index < -0.39 is 0 Å². The third kappa shape index (κ3) is 4.58. The molecule has 0 unspecified atom stereocenters. The van der Waals surface area contributed by atoms with Crippen molar-refractivity contribution in [1.82, 2.24) is 9.55 Å². The second-order valence-corrected chi connectivity index (χ2v) is 8.00. The van der Waals surface area contributed by atoms with E-state index in [2.05, 4.69) is 72.3 Å². The molecular formula is C27H27N3O. The van der Waals surface area contributed by atoms with Crippen LogP contribution in [0.2, 0.25) is 0 Å². The number of carbonyl (C=O) groups excluding carboxylic acids is 1. The Kier molecular flexibility index (Phi) is 5.99. The molecule has 0 spiro atoms. The molecule has 0 saturated heterocycles. The fourth-order valence-electron chi connectivity index (χ4n) is 3.67. The third-order valence-electron chi connectivity index (χ3n) is 5.49. The molecule has 0 aliphatic carbocycles. The predicted molar refractivity (Wildman–Crippen MR) is 126 cm³/mol. The molecule has 4 nitrogen and oxygen atoms in total. The quantitative estimate of drug-likeness (QED) is 0.344. The van der Waals surface area contributed by atoms with E-state index in [1.165, 1.54) is 11.1 Å². The molecule has 0 aliphatic rings. The summed E-state index contributed by atoms with van der Waals surface area (Å²) >= 11 is 0. The van der Waals surface area contributed by atoms with Crippen LogP contribution in [-0.2, 0) is 0 Å². The van der Waals surface area contributed by atoms with Crippen LogP contribution in [0.3, 0.4) is 0 Å². The van der Waals surface area contributed by atoms with Crippen LogP contribution in [0.1, 0.15) is 28.7 Å². The van der Waals surface area contributed by atoms with E-state index in [4.69, 9.17) is 0 Å². The van der Waals surface area contributed by atoms with Gasteiger partial charge in [-0.2, -0.15) is 0 Å². The first-order valence-electron chi connectivity index (χ1n) is 10.6. The van der Waals surface area contributed by atoms with Gasteiger partial charge < -0.3 is 4.90 Å². The topological polar surface area (TPSA) is 38.1 Å². The fraction of sp³-hybridized carbons (Fsp3) is 0.185. The zero-order valence-electron chi connectivity index (χ0n) is 18.2. The van der Waals surface area contributed by atoms with Gasteiger partial charge in [0.05, 0.1) is 0 Å². The lowest BCUT2D eigenvalue weighted by molar-refractivity contribution is 0.0922. The maximum Gasteiger partial charge on any atom is 0.203 e. The first-order valence-corrected chi connectivity index (χ1v) is 10.6. The largest absolute Gasteiger partial charge is 0.341 e. The Bertz CT molecular complexity index is 1100. The van der Waals surface area contributed by atoms with Gasteiger partial charge >= 0.3 is 0 Å². The van der Waals surface area contributed by atoms with Crippen molar-refractivity contribution in [2.75, 3.05) is 11.4 Å². The zero-order valence-corrected chi connectivity index (χ0v) is 18.2. The second kappa shape index (κ2) is 9.00. The molecule has 3 aromatic carbocycles. The van der Waals surface area contributed by atoms with Crippen LogP contribution in [0.4, 0.5) is 11.4 Å². The SMILES string of the molecule is Cc1ccc(N(C[C@@H](C)C(=O)c2nccn2-c2ccccc2)c2ccc(C)cc2)cc1. The predicted octanol–water partition coefficient (Wildman–Crippen LogP) is 6.15. The number of imidazole rings is 1. The lowest BCUT2D eigenvalue weighted by atomic mass is 10.0. The van der Waals surface area contributed by atoms with Crippen molar-refractivity contribution in [2.45, 2.75) is 20.8 Å². The minimum absolute atomic E-state index is 0.0260. The van der Waals surface area contributed by atoms with Crippen molar-refractivity contribution in [3.05, 3.63) is 108 Å². The normalized spacial score (nSPS) is 11.8. The molecule has 0 N–H and O–H groups in total. The Morgan fingerprint density at radius 1 is 0.871 bits per heavy atom. The molecule has 0 radical (unpaired) electrons. The number of rotatable bonds is 7. The van der Waals surface area contributed by atoms with Crippen molar-refractivity contribution < 1.29 is 4.79 Å². The number of benzene rings is 3. The lowest BCUT2D eigenvalue weighted by Crippen LogP contribution is -2.29. The first-order chi connectivity index (χ1) is 15.0. The molecule has 156 valence electrons. The van der Waals surface area contributed by atoms with E-state index in [-0.39, 0.29) is 11.7 Å². The Hall–Kier alpha value is -3.66. The minimum atomic E-state index is -0.243. The van der Waals surface area contributed by atoms with E-state index in [9.17, 15) is 4.79 Å². The van der Waals surface area contributed by atoms with Gasteiger partial charge in [0, 0.05) is 41.9 Å². The van der Waals surface area contributed by atoms with Gasteiger partial charge in [0.15, 0.2) is 5.82 Å². The summed E-state index contributed by atoms with van der Waals surface area (Å²) in [7, 11) is 0. The molecule has 0 amide bonds. The maximum absolute atomic E-state index is 13.4. The third-order valence-corrected chi connectivity index (χ3v) is 5.49. The van der Waals surface area contributed by atoms with Crippen molar-refractivity contribution in [3.63, 3.8) is 0 Å². The van der Waals surface area contributed by atoms with Gasteiger partial charge in [-0.25, -0.2) is 4.98 Å². The molecule has 0 bridgehead atoms. The number of hydrogen-bond donors (Lipinski definition) is 0. The van der Waals surface area contributed by atoms with Crippen molar-refractivity contribution in [1.29, 1.82) is 0 Å². The molecular weight excluding hydrogens is 382 g/mol. The van der Waals surface area contributed by atoms with Crippen molar-refractivity contribution >= 4 is 17.2 Å². The smallest absolute Gasteiger partial charge is 0.203 e. The van der Waals surface area contributed by atoms with Gasteiger partial charge in [-0.3, -0.25) is 9.36 Å². The van der Waals surface area contributed by atoms with E-state index >= 15 is 0 Å². The van der Waals surface area contributed by atoms with Gasteiger partial charge in [0.2, 0.25) is 5.78 Å². The summed E-state index contributed by atoms with van der Waals surface area (Å²) in [6.07, 6.45) is 3.53. The molecule has 4 aromatic rings. The number of hydrogen-bond acceptors (Lipinski definition) is 3. The van der Waals surface area contributed by atoms with Crippen LogP contribution in [0, 0.1) is 19.8 Å². The average Bonchev–Trinajstić information content (AvgIpc) is 3.29. The molecule has 4 rings (SSSR count). The minimum Gasteiger partial charge on any atom is -0.341 e. The Labute approximate surface area is 183 Å². The summed E-state index contributed by atoms with van der Waals surface area (Å²) in [5.74, 6) is 0.247. The van der Waals surface area contributed by atoms with Gasteiger partial charge in [0.1, 0.15) is 0 Å². The summed E-state index contributed by atoms with van der Waals surface area (Å²) in [5.41, 5.74) is 5.49. The van der Waals surface area contributed by atoms with Crippen molar-refractivity contribution in [2.24, 2.45) is 5.92 Å². The van der Waals surface area contributed by atoms with Gasteiger partial charge in [-0.15, -0.1) is 0 Å². The van der Waals surface area contributed by atoms with Crippen LogP contribution in [-0.4, -0.2) is 21.9 Å². The van der Waals surface area contributed by atoms with Crippen LogP contribution in [0.25, 0.3) is 5.69 Å². The van der Waals surface area contributed by atoms with Crippen LogP contribution >= 0.6 is 0 Å². The van der Waals surface area contributed by atoms with Crippen LogP contribution in [0.5, 0.6) is 0 Å². The monoisotopic (exact) mass is 409 g/mol. The molecule has 4 heteroatoms. The van der Waals surface area contributed by atoms with Gasteiger partial charge in [-0.05, 0) is 50.2 Å². The van der Waals surface area contributed by atoms with Crippen LogP contribution in [0.15, 0.2) is 91.3 Å².